The third-order valence-electron chi connectivity index (χ3n) is 4.65. The van der Waals surface area contributed by atoms with Gasteiger partial charge in [0.15, 0.2) is 0 Å². The van der Waals surface area contributed by atoms with Gasteiger partial charge in [0.1, 0.15) is 11.4 Å². The van der Waals surface area contributed by atoms with Crippen molar-refractivity contribution in [3.8, 4) is 23.0 Å². The Kier molecular flexibility index (Phi) is 5.82. The minimum atomic E-state index is -4.80. The summed E-state index contributed by atoms with van der Waals surface area (Å²) >= 11 is 0. The lowest BCUT2D eigenvalue weighted by atomic mass is 10.1. The second-order valence-corrected chi connectivity index (χ2v) is 7.15. The molecule has 33 heavy (non-hydrogen) atoms. The number of aromatic nitrogens is 4. The number of hydrogen-bond donors (Lipinski definition) is 1. The number of nitrogens with one attached hydrogen (secondary N) is 1. The van der Waals surface area contributed by atoms with Gasteiger partial charge in [-0.3, -0.25) is 10.1 Å². The zero-order valence-electron chi connectivity index (χ0n) is 17.6. The maximum Gasteiger partial charge on any atom is 0.573 e. The molecule has 0 radical (unpaired) electrons. The number of pyridine rings is 1. The summed E-state index contributed by atoms with van der Waals surface area (Å²) in [6.07, 6.45) is -4.80. The summed E-state index contributed by atoms with van der Waals surface area (Å²) in [7, 11) is 0. The summed E-state index contributed by atoms with van der Waals surface area (Å²) in [5, 5.41) is 7.17. The van der Waals surface area contributed by atoms with Crippen molar-refractivity contribution in [1.82, 2.24) is 19.7 Å². The number of ether oxygens (including phenoxy) is 1. The van der Waals surface area contributed by atoms with Gasteiger partial charge in [-0.2, -0.15) is 9.67 Å². The van der Waals surface area contributed by atoms with Crippen molar-refractivity contribution in [2.45, 2.75) is 20.2 Å². The van der Waals surface area contributed by atoms with Crippen molar-refractivity contribution in [2.24, 2.45) is 0 Å². The molecule has 0 aliphatic rings. The summed E-state index contributed by atoms with van der Waals surface area (Å²) in [5.74, 6) is -0.444. The van der Waals surface area contributed by atoms with Gasteiger partial charge in [0.25, 0.3) is 5.91 Å². The first-order valence-corrected chi connectivity index (χ1v) is 9.84. The number of halogens is 3. The largest absolute Gasteiger partial charge is 0.573 e. The van der Waals surface area contributed by atoms with Gasteiger partial charge in [0.05, 0.1) is 5.69 Å². The van der Waals surface area contributed by atoms with Crippen LogP contribution in [0.25, 0.3) is 17.2 Å². The molecule has 0 unspecified atom stereocenters. The number of carbonyl (C=O) groups excluding carboxylic acids is 1. The monoisotopic (exact) mass is 453 g/mol. The fourth-order valence-electron chi connectivity index (χ4n) is 3.13. The fraction of sp³-hybridized carbons (Fsp3) is 0.130. The zero-order valence-corrected chi connectivity index (χ0v) is 17.6. The average molecular weight is 453 g/mol. The predicted octanol–water partition coefficient (Wildman–Crippen LogP) is 5.10. The van der Waals surface area contributed by atoms with Gasteiger partial charge in [-0.25, -0.2) is 4.98 Å². The summed E-state index contributed by atoms with van der Waals surface area (Å²) in [6, 6.07) is 17.5. The average Bonchev–Trinajstić information content (AvgIpc) is 3.17. The second kappa shape index (κ2) is 8.73. The molecule has 2 heterocycles. The second-order valence-electron chi connectivity index (χ2n) is 7.15. The highest BCUT2D eigenvalue weighted by Gasteiger charge is 2.31. The third-order valence-corrected chi connectivity index (χ3v) is 4.65. The molecule has 1 amide bonds. The first-order valence-electron chi connectivity index (χ1n) is 9.84. The van der Waals surface area contributed by atoms with Crippen LogP contribution in [0.5, 0.6) is 5.75 Å². The number of carbonyl (C=O) groups is 1. The minimum absolute atomic E-state index is 0.0889. The van der Waals surface area contributed by atoms with E-state index in [1.54, 1.807) is 37.3 Å². The van der Waals surface area contributed by atoms with Gasteiger partial charge in [-0.05, 0) is 61.9 Å². The van der Waals surface area contributed by atoms with Crippen LogP contribution in [0.1, 0.15) is 21.6 Å². The van der Waals surface area contributed by atoms with Gasteiger partial charge in [0.2, 0.25) is 11.8 Å². The predicted molar refractivity (Wildman–Crippen MR) is 115 cm³/mol. The van der Waals surface area contributed by atoms with E-state index in [9.17, 15) is 18.0 Å². The molecule has 4 rings (SSSR count). The Hall–Kier alpha value is -4.21. The molecule has 0 bridgehead atoms. The lowest BCUT2D eigenvalue weighted by Crippen LogP contribution is -2.17. The van der Waals surface area contributed by atoms with E-state index in [4.69, 9.17) is 0 Å². The van der Waals surface area contributed by atoms with Gasteiger partial charge >= 0.3 is 6.36 Å². The smallest absolute Gasteiger partial charge is 0.406 e. The van der Waals surface area contributed by atoms with Crippen molar-refractivity contribution in [1.29, 1.82) is 0 Å². The fourth-order valence-corrected chi connectivity index (χ4v) is 3.13. The van der Waals surface area contributed by atoms with Crippen molar-refractivity contribution in [3.63, 3.8) is 0 Å². The first-order chi connectivity index (χ1) is 15.7. The van der Waals surface area contributed by atoms with E-state index in [-0.39, 0.29) is 17.5 Å². The van der Waals surface area contributed by atoms with Crippen LogP contribution >= 0.6 is 0 Å². The molecule has 1 N–H and O–H groups in total. The Balaban J connectivity index is 1.73. The van der Waals surface area contributed by atoms with Crippen LogP contribution in [-0.4, -0.2) is 32.0 Å². The van der Waals surface area contributed by atoms with Crippen molar-refractivity contribution < 1.29 is 22.7 Å². The number of benzene rings is 2. The molecule has 2 aromatic carbocycles. The number of aryl methyl sites for hydroxylation is 2. The van der Waals surface area contributed by atoms with Crippen LogP contribution in [0.2, 0.25) is 0 Å². The molecule has 0 aliphatic heterocycles. The number of anilines is 1. The molecule has 0 atom stereocenters. The molecule has 0 saturated heterocycles. The Labute approximate surface area is 186 Å². The standard InChI is InChI=1S/C23H18F3N5O2/c1-14-6-3-4-8-18(14)21(32)29-22-28-20(19-9-5-7-15(2)27-19)30-31(22)16-10-12-17(13-11-16)33-23(24,25)26/h3-13H,1-2H3,(H,28,29,30,32). The molecule has 2 aromatic heterocycles. The van der Waals surface area contributed by atoms with Gasteiger partial charge in [-0.1, -0.05) is 24.3 Å². The van der Waals surface area contributed by atoms with Crippen LogP contribution in [-0.2, 0) is 0 Å². The maximum absolute atomic E-state index is 12.9. The molecule has 10 heteroatoms. The summed E-state index contributed by atoms with van der Waals surface area (Å²) < 4.78 is 42.7. The molecular weight excluding hydrogens is 435 g/mol. The molecule has 0 aliphatic carbocycles. The Morgan fingerprint density at radius 2 is 1.67 bits per heavy atom. The highest BCUT2D eigenvalue weighted by atomic mass is 19.4. The van der Waals surface area contributed by atoms with Crippen molar-refractivity contribution in [3.05, 3.63) is 83.6 Å². The van der Waals surface area contributed by atoms with Gasteiger partial charge in [0, 0.05) is 11.3 Å². The van der Waals surface area contributed by atoms with Crippen LogP contribution in [0.4, 0.5) is 19.1 Å². The van der Waals surface area contributed by atoms with Crippen LogP contribution in [0.3, 0.4) is 0 Å². The number of nitrogens with zero attached hydrogens (tertiary/aromatic N) is 4. The highest BCUT2D eigenvalue weighted by Crippen LogP contribution is 2.26. The van der Waals surface area contributed by atoms with E-state index in [2.05, 4.69) is 25.1 Å². The first kappa shape index (κ1) is 22.0. The van der Waals surface area contributed by atoms with E-state index in [0.717, 1.165) is 23.4 Å². The number of amides is 1. The molecule has 168 valence electrons. The highest BCUT2D eigenvalue weighted by molar-refractivity contribution is 6.04. The molecule has 4 aromatic rings. The van der Waals surface area contributed by atoms with Crippen LogP contribution in [0.15, 0.2) is 66.7 Å². The number of alkyl halides is 3. The lowest BCUT2D eigenvalue weighted by molar-refractivity contribution is -0.274. The maximum atomic E-state index is 12.9. The van der Waals surface area contributed by atoms with Gasteiger partial charge < -0.3 is 4.74 Å². The Morgan fingerprint density at radius 3 is 2.33 bits per heavy atom. The van der Waals surface area contributed by atoms with Crippen molar-refractivity contribution >= 4 is 11.9 Å². The Bertz CT molecular complexity index is 1300. The van der Waals surface area contributed by atoms with E-state index >= 15 is 0 Å². The van der Waals surface area contributed by atoms with Crippen molar-refractivity contribution in [2.75, 3.05) is 5.32 Å². The van der Waals surface area contributed by atoms with Crippen LogP contribution < -0.4 is 10.1 Å². The SMILES string of the molecule is Cc1cccc(-c2nc(NC(=O)c3ccccc3C)n(-c3ccc(OC(F)(F)F)cc3)n2)n1. The normalized spacial score (nSPS) is 11.3. The quantitative estimate of drug-likeness (QED) is 0.455. The van der Waals surface area contributed by atoms with E-state index in [0.29, 0.717) is 16.9 Å². The van der Waals surface area contributed by atoms with E-state index < -0.39 is 12.3 Å². The van der Waals surface area contributed by atoms with Crippen LogP contribution in [0, 0.1) is 13.8 Å². The van der Waals surface area contributed by atoms with E-state index in [1.165, 1.54) is 16.8 Å². The zero-order chi connectivity index (χ0) is 23.6. The summed E-state index contributed by atoms with van der Waals surface area (Å²) in [5.41, 5.74) is 2.84. The molecule has 0 saturated carbocycles. The summed E-state index contributed by atoms with van der Waals surface area (Å²) in [4.78, 5) is 21.7. The third kappa shape index (κ3) is 5.17. The molecule has 0 fully saturated rings. The lowest BCUT2D eigenvalue weighted by Gasteiger charge is -2.11. The van der Waals surface area contributed by atoms with E-state index in [1.807, 2.05) is 19.1 Å². The van der Waals surface area contributed by atoms with Gasteiger partial charge in [-0.15, -0.1) is 18.3 Å². The topological polar surface area (TPSA) is 81.9 Å². The number of hydrogen-bond acceptors (Lipinski definition) is 5. The minimum Gasteiger partial charge on any atom is -0.406 e. The Morgan fingerprint density at radius 1 is 0.939 bits per heavy atom. The molecule has 0 spiro atoms. The number of rotatable bonds is 5. The molecule has 7 nitrogen and oxygen atoms in total. The molecular formula is C23H18F3N5O2. The summed E-state index contributed by atoms with van der Waals surface area (Å²) in [6.45, 7) is 3.63.